The van der Waals surface area contributed by atoms with E-state index in [0.29, 0.717) is 0 Å². The van der Waals surface area contributed by atoms with Gasteiger partial charge in [-0.3, -0.25) is 4.98 Å². The number of unbranched alkanes of at least 4 members (excludes halogenated alkanes) is 17. The summed E-state index contributed by atoms with van der Waals surface area (Å²) in [5.74, 6) is 0. The number of hydrogen-bond donors (Lipinski definition) is 1. The largest absolute Gasteiger partial charge is 0.250 e. The maximum Gasteiger partial charge on any atom is 0.241 e. The van der Waals surface area contributed by atoms with E-state index >= 15 is 0 Å². The highest BCUT2D eigenvalue weighted by Gasteiger charge is 1.97. The van der Waals surface area contributed by atoms with Crippen molar-refractivity contribution in [1.29, 1.82) is 0 Å². The van der Waals surface area contributed by atoms with Crippen LogP contribution in [0.25, 0.3) is 0 Å². The molecule has 0 aliphatic carbocycles. The van der Waals surface area contributed by atoms with E-state index in [-0.39, 0.29) is 0 Å². The molecule has 1 rings (SSSR count). The Labute approximate surface area is 157 Å². The van der Waals surface area contributed by atoms with Crippen LogP contribution in [0.3, 0.4) is 0 Å². The molecule has 0 aliphatic heterocycles. The second-order valence-corrected chi connectivity index (χ2v) is 7.86. The van der Waals surface area contributed by atoms with Gasteiger partial charge in [0.05, 0.1) is 6.54 Å². The Morgan fingerprint density at radius 2 is 0.960 bits per heavy atom. The normalized spacial score (nSPS) is 11.2. The van der Waals surface area contributed by atoms with Gasteiger partial charge in [0.2, 0.25) is 6.33 Å². The van der Waals surface area contributed by atoms with Crippen LogP contribution >= 0.6 is 0 Å². The Kier molecular flexibility index (Phi) is 16.0. The highest BCUT2D eigenvalue weighted by Crippen LogP contribution is 2.14. The van der Waals surface area contributed by atoms with Crippen molar-refractivity contribution < 1.29 is 4.57 Å². The van der Waals surface area contributed by atoms with Gasteiger partial charge in [-0.05, 0) is 12.8 Å². The van der Waals surface area contributed by atoms with E-state index in [2.05, 4.69) is 22.7 Å². The van der Waals surface area contributed by atoms with E-state index < -0.39 is 0 Å². The number of imidazole rings is 1. The number of aryl methyl sites for hydroxylation is 1. The molecule has 0 unspecified atom stereocenters. The van der Waals surface area contributed by atoms with Crippen molar-refractivity contribution in [2.75, 3.05) is 0 Å². The Morgan fingerprint density at radius 3 is 1.32 bits per heavy atom. The van der Waals surface area contributed by atoms with Crippen molar-refractivity contribution in [2.24, 2.45) is 0 Å². The first-order valence-electron chi connectivity index (χ1n) is 11.5. The first kappa shape index (κ1) is 22.3. The smallest absolute Gasteiger partial charge is 0.241 e. The van der Waals surface area contributed by atoms with Crippen LogP contribution in [0, 0.1) is 0 Å². The van der Waals surface area contributed by atoms with E-state index in [1.54, 1.807) is 0 Å². The van der Waals surface area contributed by atoms with Crippen LogP contribution in [0.5, 0.6) is 0 Å². The van der Waals surface area contributed by atoms with Crippen LogP contribution in [0.4, 0.5) is 0 Å². The van der Waals surface area contributed by atoms with Crippen LogP contribution in [0.1, 0.15) is 122 Å². The summed E-state index contributed by atoms with van der Waals surface area (Å²) in [4.78, 5) is 3.10. The lowest BCUT2D eigenvalue weighted by molar-refractivity contribution is -0.696. The zero-order chi connectivity index (χ0) is 17.8. The molecule has 1 aromatic heterocycles. The molecule has 0 aromatic carbocycles. The molecule has 146 valence electrons. The quantitative estimate of drug-likeness (QED) is 0.199. The fraction of sp³-hybridized carbons (Fsp3) is 0.870. The summed E-state index contributed by atoms with van der Waals surface area (Å²) in [6.45, 7) is 3.47. The molecule has 0 aliphatic rings. The van der Waals surface area contributed by atoms with E-state index in [4.69, 9.17) is 0 Å². The predicted molar refractivity (Wildman–Crippen MR) is 110 cm³/mol. The molecule has 0 radical (unpaired) electrons. The Morgan fingerprint density at radius 1 is 0.560 bits per heavy atom. The van der Waals surface area contributed by atoms with Gasteiger partial charge in [-0.1, -0.05) is 110 Å². The molecule has 1 heterocycles. The number of hydrogen-bond acceptors (Lipinski definition) is 0. The summed E-state index contributed by atoms with van der Waals surface area (Å²) in [6.07, 6.45) is 32.2. The minimum absolute atomic E-state index is 1.17. The first-order chi connectivity index (χ1) is 12.4. The predicted octanol–water partition coefficient (Wildman–Crippen LogP) is 7.34. The van der Waals surface area contributed by atoms with Crippen molar-refractivity contribution in [3.05, 3.63) is 18.7 Å². The van der Waals surface area contributed by atoms with Gasteiger partial charge in [0.25, 0.3) is 0 Å². The highest BCUT2D eigenvalue weighted by molar-refractivity contribution is 4.55. The van der Waals surface area contributed by atoms with Crippen LogP contribution in [0.2, 0.25) is 0 Å². The van der Waals surface area contributed by atoms with Gasteiger partial charge in [-0.25, -0.2) is 4.57 Å². The van der Waals surface area contributed by atoms with E-state index in [9.17, 15) is 0 Å². The molecule has 0 saturated carbocycles. The fourth-order valence-electron chi connectivity index (χ4n) is 3.66. The molecule has 0 fully saturated rings. The van der Waals surface area contributed by atoms with Crippen molar-refractivity contribution in [1.82, 2.24) is 4.98 Å². The molecule has 0 atom stereocenters. The third-order valence-corrected chi connectivity index (χ3v) is 5.37. The molecule has 0 bridgehead atoms. The minimum Gasteiger partial charge on any atom is -0.250 e. The van der Waals surface area contributed by atoms with Gasteiger partial charge in [0, 0.05) is 0 Å². The lowest BCUT2D eigenvalue weighted by Gasteiger charge is -2.03. The van der Waals surface area contributed by atoms with Crippen LogP contribution in [-0.4, -0.2) is 4.98 Å². The van der Waals surface area contributed by atoms with Crippen LogP contribution in [0.15, 0.2) is 18.7 Å². The van der Waals surface area contributed by atoms with Crippen LogP contribution in [-0.2, 0) is 6.54 Å². The molecular formula is C23H45N2+. The molecule has 2 heteroatoms. The summed E-state index contributed by atoms with van der Waals surface area (Å²) in [5.41, 5.74) is 0. The number of nitrogens with zero attached hydrogens (tertiary/aromatic N) is 1. The third kappa shape index (κ3) is 15.2. The second kappa shape index (κ2) is 18.0. The Balaban J connectivity index is 1.65. The molecule has 2 nitrogen and oxygen atoms in total. The Hall–Kier alpha value is -0.790. The molecule has 1 N–H and O–H groups in total. The van der Waals surface area contributed by atoms with E-state index in [1.807, 2.05) is 12.5 Å². The fourth-order valence-corrected chi connectivity index (χ4v) is 3.66. The zero-order valence-electron chi connectivity index (χ0n) is 17.1. The Bertz CT molecular complexity index is 345. The monoisotopic (exact) mass is 349 g/mol. The molecule has 1 aromatic rings. The van der Waals surface area contributed by atoms with Crippen molar-refractivity contribution in [3.63, 3.8) is 0 Å². The molecule has 25 heavy (non-hydrogen) atoms. The summed E-state index contributed by atoms with van der Waals surface area (Å²) in [5, 5.41) is 0. The molecular weight excluding hydrogens is 304 g/mol. The lowest BCUT2D eigenvalue weighted by Crippen LogP contribution is -2.30. The average Bonchev–Trinajstić information content (AvgIpc) is 3.14. The van der Waals surface area contributed by atoms with Crippen molar-refractivity contribution in [2.45, 2.75) is 129 Å². The maximum atomic E-state index is 3.10. The van der Waals surface area contributed by atoms with Gasteiger partial charge in [0.1, 0.15) is 12.4 Å². The number of aromatic amines is 1. The van der Waals surface area contributed by atoms with E-state index in [0.717, 1.165) is 0 Å². The minimum atomic E-state index is 1.17. The third-order valence-electron chi connectivity index (χ3n) is 5.37. The molecule has 0 saturated heterocycles. The summed E-state index contributed by atoms with van der Waals surface area (Å²) in [7, 11) is 0. The summed E-state index contributed by atoms with van der Waals surface area (Å²) >= 11 is 0. The number of rotatable bonds is 19. The van der Waals surface area contributed by atoms with Gasteiger partial charge in [-0.15, -0.1) is 0 Å². The first-order valence-corrected chi connectivity index (χ1v) is 11.5. The topological polar surface area (TPSA) is 19.7 Å². The average molecular weight is 350 g/mol. The SMILES string of the molecule is CCCCCCCCCCCCCCCCCCCC[n+]1cc[nH]c1. The zero-order valence-corrected chi connectivity index (χ0v) is 17.1. The molecule has 0 amide bonds. The number of nitrogens with one attached hydrogen (secondary N) is 1. The lowest BCUT2D eigenvalue weighted by atomic mass is 10.0. The van der Waals surface area contributed by atoms with E-state index in [1.165, 1.54) is 122 Å². The number of aromatic nitrogens is 2. The number of H-pyrrole nitrogens is 1. The van der Waals surface area contributed by atoms with Gasteiger partial charge >= 0.3 is 0 Å². The maximum absolute atomic E-state index is 3.10. The van der Waals surface area contributed by atoms with Gasteiger partial charge in [0.15, 0.2) is 0 Å². The summed E-state index contributed by atoms with van der Waals surface area (Å²) in [6, 6.07) is 0. The van der Waals surface area contributed by atoms with Crippen molar-refractivity contribution >= 4 is 0 Å². The summed E-state index contributed by atoms with van der Waals surface area (Å²) < 4.78 is 2.24. The molecule has 0 spiro atoms. The highest BCUT2D eigenvalue weighted by atomic mass is 15.0. The van der Waals surface area contributed by atoms with Crippen LogP contribution < -0.4 is 4.57 Å². The van der Waals surface area contributed by atoms with Gasteiger partial charge in [-0.2, -0.15) is 0 Å². The second-order valence-electron chi connectivity index (χ2n) is 7.86. The van der Waals surface area contributed by atoms with Crippen molar-refractivity contribution in [3.8, 4) is 0 Å². The van der Waals surface area contributed by atoms with Gasteiger partial charge < -0.3 is 0 Å². The standard InChI is InChI=1S/C23H44N2/c1-2-3-4-5-6-7-8-9-10-11-12-13-14-15-16-17-18-19-21-25-22-20-24-23-25/h20,22-23H,2-19,21H2,1H3/p+1.